The zero-order valence-corrected chi connectivity index (χ0v) is 16.7. The summed E-state index contributed by atoms with van der Waals surface area (Å²) in [5.41, 5.74) is 0.0895. The molecule has 0 aromatic carbocycles. The van der Waals surface area contributed by atoms with Crippen LogP contribution in [0.4, 0.5) is 0 Å². The zero-order valence-electron chi connectivity index (χ0n) is 16.7. The third-order valence-corrected chi connectivity index (χ3v) is 9.09. The van der Waals surface area contributed by atoms with E-state index in [-0.39, 0.29) is 29.4 Å². The van der Waals surface area contributed by atoms with Gasteiger partial charge in [0.1, 0.15) is 6.10 Å². The predicted octanol–water partition coefficient (Wildman–Crippen LogP) is 3.28. The maximum Gasteiger partial charge on any atom is 0.302 e. The fourth-order valence-corrected chi connectivity index (χ4v) is 8.03. The number of esters is 1. The Labute approximate surface area is 162 Å². The van der Waals surface area contributed by atoms with Gasteiger partial charge in [-0.3, -0.25) is 4.79 Å². The van der Waals surface area contributed by atoms with Crippen molar-refractivity contribution in [3.63, 3.8) is 0 Å². The monoisotopic (exact) mass is 378 g/mol. The van der Waals surface area contributed by atoms with Crippen LogP contribution in [0, 0.1) is 35.0 Å². The van der Waals surface area contributed by atoms with Gasteiger partial charge in [0.05, 0.1) is 19.3 Å². The van der Waals surface area contributed by atoms with Gasteiger partial charge in [0.25, 0.3) is 0 Å². The van der Waals surface area contributed by atoms with Crippen molar-refractivity contribution in [1.82, 2.24) is 0 Å². The lowest BCUT2D eigenvalue weighted by atomic mass is 9.49. The third-order valence-electron chi connectivity index (χ3n) is 9.09. The van der Waals surface area contributed by atoms with Crippen LogP contribution in [-0.4, -0.2) is 42.3 Å². The molecule has 8 atom stereocenters. The van der Waals surface area contributed by atoms with Crippen LogP contribution in [0.25, 0.3) is 0 Å². The maximum absolute atomic E-state index is 11.4. The summed E-state index contributed by atoms with van der Waals surface area (Å²) in [6, 6.07) is 0. The van der Waals surface area contributed by atoms with Crippen LogP contribution in [0.15, 0.2) is 0 Å². The highest BCUT2D eigenvalue weighted by Gasteiger charge is 2.66. The van der Waals surface area contributed by atoms with Gasteiger partial charge in [-0.05, 0) is 74.5 Å². The summed E-state index contributed by atoms with van der Waals surface area (Å²) in [5, 5.41) is 11.1. The van der Waals surface area contributed by atoms with E-state index in [0.29, 0.717) is 29.6 Å². The first-order valence-electron chi connectivity index (χ1n) is 11.1. The van der Waals surface area contributed by atoms with Gasteiger partial charge in [0.15, 0.2) is 5.79 Å². The molecule has 0 amide bonds. The van der Waals surface area contributed by atoms with Crippen LogP contribution in [0.1, 0.15) is 65.2 Å². The number of hydrogen-bond acceptors (Lipinski definition) is 5. The molecule has 5 aliphatic rings. The Morgan fingerprint density at radius 2 is 1.70 bits per heavy atom. The van der Waals surface area contributed by atoms with E-state index in [0.717, 1.165) is 51.7 Å². The Morgan fingerprint density at radius 3 is 2.44 bits per heavy atom. The normalized spacial score (nSPS) is 50.7. The summed E-state index contributed by atoms with van der Waals surface area (Å²) in [6.45, 7) is 5.33. The Morgan fingerprint density at radius 1 is 0.963 bits per heavy atom. The minimum atomic E-state index is -0.364. The maximum atomic E-state index is 11.4. The molecule has 1 spiro atoms. The number of aliphatic hydroxyl groups excluding tert-OH is 1. The van der Waals surface area contributed by atoms with Gasteiger partial charge in [-0.2, -0.15) is 0 Å². The van der Waals surface area contributed by atoms with Crippen LogP contribution >= 0.6 is 0 Å². The molecule has 27 heavy (non-hydrogen) atoms. The summed E-state index contributed by atoms with van der Waals surface area (Å²) < 4.78 is 17.9. The molecule has 152 valence electrons. The minimum Gasteiger partial charge on any atom is -0.463 e. The molecule has 5 fully saturated rings. The molecule has 0 aromatic heterocycles. The Balaban J connectivity index is 1.36. The second-order valence-corrected chi connectivity index (χ2v) is 10.1. The molecule has 5 nitrogen and oxygen atoms in total. The molecule has 0 aromatic rings. The lowest BCUT2D eigenvalue weighted by Gasteiger charge is -2.58. The highest BCUT2D eigenvalue weighted by molar-refractivity contribution is 5.66. The molecule has 1 saturated heterocycles. The molecule has 5 heteroatoms. The number of fused-ring (bicyclic) bond motifs is 6. The predicted molar refractivity (Wildman–Crippen MR) is 98.7 cm³/mol. The topological polar surface area (TPSA) is 65.0 Å². The molecular weight excluding hydrogens is 344 g/mol. The molecule has 4 aliphatic carbocycles. The van der Waals surface area contributed by atoms with Crippen molar-refractivity contribution in [2.24, 2.45) is 35.0 Å². The molecule has 1 heterocycles. The molecule has 5 rings (SSSR count). The van der Waals surface area contributed by atoms with Crippen molar-refractivity contribution in [3.05, 3.63) is 0 Å². The van der Waals surface area contributed by atoms with Crippen LogP contribution < -0.4 is 0 Å². The number of carbonyl (C=O) groups is 1. The SMILES string of the molecule is CC(=O)O[C@H]1CC[C@H]2C(C1)C(O)CC1[C@@H]2CC[C@@]2(C)[C@H]1CCC21OCCO1. The summed E-state index contributed by atoms with van der Waals surface area (Å²) >= 11 is 0. The van der Waals surface area contributed by atoms with Crippen molar-refractivity contribution in [1.29, 1.82) is 0 Å². The van der Waals surface area contributed by atoms with Crippen LogP contribution in [0.5, 0.6) is 0 Å². The number of rotatable bonds is 1. The van der Waals surface area contributed by atoms with E-state index in [4.69, 9.17) is 14.2 Å². The van der Waals surface area contributed by atoms with Crippen molar-refractivity contribution in [3.8, 4) is 0 Å². The molecule has 1 aliphatic heterocycles. The van der Waals surface area contributed by atoms with E-state index >= 15 is 0 Å². The van der Waals surface area contributed by atoms with Gasteiger partial charge < -0.3 is 19.3 Å². The number of hydrogen-bond donors (Lipinski definition) is 1. The lowest BCUT2D eigenvalue weighted by Crippen LogP contribution is -2.56. The average Bonchev–Trinajstić information content (AvgIpc) is 3.22. The van der Waals surface area contributed by atoms with Gasteiger partial charge in [-0.15, -0.1) is 0 Å². The first kappa shape index (κ1) is 18.4. The standard InChI is InChI=1S/C22H34O5/c1-13(23)27-14-3-4-15-16-5-7-21(2)19(6-8-22(21)25-9-10-26-22)17(16)12-20(24)18(15)11-14/h14-20,24H,3-12H2,1-2H3/t14-,15+,16+,17?,18?,19-,20?,21-/m0/s1. The summed E-state index contributed by atoms with van der Waals surface area (Å²) in [6.07, 6.45) is 8.08. The van der Waals surface area contributed by atoms with Gasteiger partial charge in [-0.1, -0.05) is 6.92 Å². The molecular formula is C22H34O5. The van der Waals surface area contributed by atoms with Gasteiger partial charge >= 0.3 is 5.97 Å². The molecule has 3 unspecified atom stereocenters. The smallest absolute Gasteiger partial charge is 0.302 e. The van der Waals surface area contributed by atoms with Crippen molar-refractivity contribution in [2.75, 3.05) is 13.2 Å². The van der Waals surface area contributed by atoms with Crippen LogP contribution in [-0.2, 0) is 19.0 Å². The second kappa shape index (κ2) is 6.43. The van der Waals surface area contributed by atoms with E-state index in [1.54, 1.807) is 0 Å². The van der Waals surface area contributed by atoms with Crippen molar-refractivity contribution >= 4 is 5.97 Å². The fraction of sp³-hybridized carbons (Fsp3) is 0.955. The summed E-state index contributed by atoms with van der Waals surface area (Å²) in [4.78, 5) is 11.4. The number of ether oxygens (including phenoxy) is 3. The van der Waals surface area contributed by atoms with E-state index in [1.165, 1.54) is 19.8 Å². The van der Waals surface area contributed by atoms with Gasteiger partial charge in [-0.25, -0.2) is 0 Å². The largest absolute Gasteiger partial charge is 0.463 e. The highest BCUT2D eigenvalue weighted by Crippen LogP contribution is 2.67. The first-order chi connectivity index (χ1) is 12.9. The zero-order chi connectivity index (χ0) is 18.8. The highest BCUT2D eigenvalue weighted by atomic mass is 16.7. The summed E-state index contributed by atoms with van der Waals surface area (Å²) in [7, 11) is 0. The van der Waals surface area contributed by atoms with Gasteiger partial charge in [0.2, 0.25) is 0 Å². The fourth-order valence-electron chi connectivity index (χ4n) is 8.03. The van der Waals surface area contributed by atoms with Crippen LogP contribution in [0.3, 0.4) is 0 Å². The van der Waals surface area contributed by atoms with E-state index in [1.807, 2.05) is 0 Å². The van der Waals surface area contributed by atoms with Crippen molar-refractivity contribution < 1.29 is 24.1 Å². The second-order valence-electron chi connectivity index (χ2n) is 10.1. The Kier molecular flexibility index (Phi) is 4.38. The number of carbonyl (C=O) groups excluding carboxylic acids is 1. The molecule has 4 saturated carbocycles. The van der Waals surface area contributed by atoms with E-state index in [2.05, 4.69) is 6.92 Å². The number of aliphatic hydroxyl groups is 1. The minimum absolute atomic E-state index is 0.00107. The molecule has 1 N–H and O–H groups in total. The Bertz CT molecular complexity index is 600. The van der Waals surface area contributed by atoms with Crippen LogP contribution in [0.2, 0.25) is 0 Å². The van der Waals surface area contributed by atoms with E-state index < -0.39 is 0 Å². The summed E-state index contributed by atoms with van der Waals surface area (Å²) in [5.74, 6) is 2.19. The Hall–Kier alpha value is -0.650. The first-order valence-corrected chi connectivity index (χ1v) is 11.1. The quantitative estimate of drug-likeness (QED) is 0.710. The third kappa shape index (κ3) is 2.64. The van der Waals surface area contributed by atoms with Gasteiger partial charge in [0, 0.05) is 18.8 Å². The molecule has 0 radical (unpaired) electrons. The lowest BCUT2D eigenvalue weighted by molar-refractivity contribution is -0.246. The van der Waals surface area contributed by atoms with E-state index in [9.17, 15) is 9.90 Å². The average molecular weight is 379 g/mol. The molecule has 0 bridgehead atoms. The van der Waals surface area contributed by atoms with Crippen molar-refractivity contribution in [2.45, 2.75) is 83.2 Å².